The summed E-state index contributed by atoms with van der Waals surface area (Å²) in [6, 6.07) is 12.7. The maximum atomic E-state index is 14.1. The molecule has 0 unspecified atom stereocenters. The van der Waals surface area contributed by atoms with Gasteiger partial charge >= 0.3 is 5.97 Å². The summed E-state index contributed by atoms with van der Waals surface area (Å²) in [7, 11) is 1.53. The number of benzene rings is 2. The van der Waals surface area contributed by atoms with Crippen molar-refractivity contribution in [2.24, 2.45) is 0 Å². The van der Waals surface area contributed by atoms with Gasteiger partial charge in [0.1, 0.15) is 17.0 Å². The Morgan fingerprint density at radius 3 is 2.76 bits per heavy atom. The predicted octanol–water partition coefficient (Wildman–Crippen LogP) is 4.49. The number of hydrogen-bond donors (Lipinski definition) is 1. The van der Waals surface area contributed by atoms with E-state index in [1.54, 1.807) is 12.1 Å². The molecule has 0 radical (unpaired) electrons. The SMILES string of the molecule is COc1cccc2cc(-c3cc(C(=O)O)c4cccc(F)c4n3)oc12. The summed E-state index contributed by atoms with van der Waals surface area (Å²) in [4.78, 5) is 15.8. The van der Waals surface area contributed by atoms with Gasteiger partial charge in [0.2, 0.25) is 0 Å². The lowest BCUT2D eigenvalue weighted by molar-refractivity contribution is 0.0699. The van der Waals surface area contributed by atoms with Gasteiger partial charge in [-0.25, -0.2) is 14.2 Å². The second-order valence-corrected chi connectivity index (χ2v) is 5.49. The first-order valence-corrected chi connectivity index (χ1v) is 7.48. The molecule has 4 rings (SSSR count). The van der Waals surface area contributed by atoms with Crippen molar-refractivity contribution in [3.8, 4) is 17.2 Å². The molecule has 124 valence electrons. The number of aromatic nitrogens is 1. The number of rotatable bonds is 3. The predicted molar refractivity (Wildman–Crippen MR) is 90.4 cm³/mol. The van der Waals surface area contributed by atoms with Crippen LogP contribution in [0.5, 0.6) is 5.75 Å². The lowest BCUT2D eigenvalue weighted by Crippen LogP contribution is -2.01. The summed E-state index contributed by atoms with van der Waals surface area (Å²) in [5, 5.41) is 10.5. The number of nitrogens with zero attached hydrogens (tertiary/aromatic N) is 1. The van der Waals surface area contributed by atoms with Gasteiger partial charge in [0.25, 0.3) is 0 Å². The van der Waals surface area contributed by atoms with E-state index in [1.807, 2.05) is 12.1 Å². The van der Waals surface area contributed by atoms with E-state index in [4.69, 9.17) is 9.15 Å². The number of hydrogen-bond acceptors (Lipinski definition) is 4. The maximum absolute atomic E-state index is 14.1. The Balaban J connectivity index is 2.01. The minimum Gasteiger partial charge on any atom is -0.493 e. The zero-order valence-electron chi connectivity index (χ0n) is 13.1. The van der Waals surface area contributed by atoms with Crippen LogP contribution in [0.1, 0.15) is 10.4 Å². The lowest BCUT2D eigenvalue weighted by atomic mass is 10.1. The Morgan fingerprint density at radius 2 is 2.00 bits per heavy atom. The number of methoxy groups -OCH3 is 1. The smallest absolute Gasteiger partial charge is 0.336 e. The molecule has 1 N–H and O–H groups in total. The molecule has 6 heteroatoms. The van der Waals surface area contributed by atoms with Crippen LogP contribution in [-0.4, -0.2) is 23.2 Å². The largest absolute Gasteiger partial charge is 0.493 e. The molecular formula is C19H12FNO4. The van der Waals surface area contributed by atoms with Crippen LogP contribution in [0, 0.1) is 5.82 Å². The van der Waals surface area contributed by atoms with E-state index in [9.17, 15) is 14.3 Å². The molecule has 0 aliphatic rings. The van der Waals surface area contributed by atoms with E-state index < -0.39 is 11.8 Å². The van der Waals surface area contributed by atoms with Gasteiger partial charge in [-0.05, 0) is 24.3 Å². The first-order valence-electron chi connectivity index (χ1n) is 7.48. The van der Waals surface area contributed by atoms with E-state index in [0.29, 0.717) is 17.1 Å². The Bertz CT molecular complexity index is 1130. The normalized spacial score (nSPS) is 11.1. The van der Waals surface area contributed by atoms with Crippen LogP contribution in [0.4, 0.5) is 4.39 Å². The van der Waals surface area contributed by atoms with Crippen LogP contribution in [0.15, 0.2) is 52.9 Å². The van der Waals surface area contributed by atoms with Crippen LogP contribution in [0.3, 0.4) is 0 Å². The molecule has 25 heavy (non-hydrogen) atoms. The van der Waals surface area contributed by atoms with Crippen molar-refractivity contribution >= 4 is 27.8 Å². The maximum Gasteiger partial charge on any atom is 0.336 e. The van der Waals surface area contributed by atoms with Crippen molar-refractivity contribution in [3.05, 3.63) is 59.9 Å². The minimum atomic E-state index is -1.16. The number of carboxylic acid groups (broad SMARTS) is 1. The van der Waals surface area contributed by atoms with E-state index in [1.165, 1.54) is 31.4 Å². The highest BCUT2D eigenvalue weighted by atomic mass is 19.1. The van der Waals surface area contributed by atoms with Gasteiger partial charge in [0.05, 0.1) is 12.7 Å². The van der Waals surface area contributed by atoms with Crippen LogP contribution in [-0.2, 0) is 0 Å². The minimum absolute atomic E-state index is 0.00942. The number of carboxylic acids is 1. The van der Waals surface area contributed by atoms with Crippen LogP contribution >= 0.6 is 0 Å². The number of ether oxygens (including phenoxy) is 1. The first kappa shape index (κ1) is 15.1. The van der Waals surface area contributed by atoms with Gasteiger partial charge in [-0.3, -0.25) is 0 Å². The Morgan fingerprint density at radius 1 is 1.20 bits per heavy atom. The van der Waals surface area contributed by atoms with E-state index in [-0.39, 0.29) is 22.2 Å². The Hall–Kier alpha value is -3.41. The quantitative estimate of drug-likeness (QED) is 0.596. The molecule has 0 atom stereocenters. The summed E-state index contributed by atoms with van der Waals surface area (Å²) in [6.45, 7) is 0. The summed E-state index contributed by atoms with van der Waals surface area (Å²) >= 11 is 0. The van der Waals surface area contributed by atoms with Gasteiger partial charge in [-0.2, -0.15) is 0 Å². The number of halogens is 1. The highest BCUT2D eigenvalue weighted by Gasteiger charge is 2.18. The molecule has 0 bridgehead atoms. The molecule has 0 aliphatic heterocycles. The number of para-hydroxylation sites is 2. The fraction of sp³-hybridized carbons (Fsp3) is 0.0526. The van der Waals surface area contributed by atoms with Crippen LogP contribution in [0.25, 0.3) is 33.3 Å². The fourth-order valence-corrected chi connectivity index (χ4v) is 2.84. The van der Waals surface area contributed by atoms with E-state index in [2.05, 4.69) is 4.98 Å². The van der Waals surface area contributed by atoms with Crippen molar-refractivity contribution in [1.82, 2.24) is 4.98 Å². The number of aromatic carboxylic acids is 1. The molecule has 2 heterocycles. The molecule has 0 amide bonds. The molecule has 0 aliphatic carbocycles. The summed E-state index contributed by atoms with van der Waals surface area (Å²) < 4.78 is 25.2. The zero-order valence-corrected chi connectivity index (χ0v) is 13.1. The van der Waals surface area contributed by atoms with Gasteiger partial charge < -0.3 is 14.3 Å². The average molecular weight is 337 g/mol. The number of fused-ring (bicyclic) bond motifs is 2. The van der Waals surface area contributed by atoms with Crippen LogP contribution in [0.2, 0.25) is 0 Å². The van der Waals surface area contributed by atoms with Gasteiger partial charge in [0, 0.05) is 10.8 Å². The molecule has 5 nitrogen and oxygen atoms in total. The summed E-state index contributed by atoms with van der Waals surface area (Å²) in [5.41, 5.74) is 0.720. The number of furan rings is 1. The van der Waals surface area contributed by atoms with E-state index in [0.717, 1.165) is 5.39 Å². The second-order valence-electron chi connectivity index (χ2n) is 5.49. The molecule has 0 saturated heterocycles. The van der Waals surface area contributed by atoms with Crippen molar-refractivity contribution in [2.75, 3.05) is 7.11 Å². The third kappa shape index (κ3) is 2.39. The highest BCUT2D eigenvalue weighted by molar-refractivity contribution is 6.04. The van der Waals surface area contributed by atoms with Gasteiger partial charge in [-0.15, -0.1) is 0 Å². The number of pyridine rings is 1. The van der Waals surface area contributed by atoms with Gasteiger partial charge in [-0.1, -0.05) is 24.3 Å². The highest BCUT2D eigenvalue weighted by Crippen LogP contribution is 2.34. The molecule has 2 aromatic heterocycles. The molecule has 0 saturated carbocycles. The summed E-state index contributed by atoms with van der Waals surface area (Å²) in [6.07, 6.45) is 0. The second kappa shape index (κ2) is 5.59. The van der Waals surface area contributed by atoms with Crippen molar-refractivity contribution in [2.45, 2.75) is 0 Å². The fourth-order valence-electron chi connectivity index (χ4n) is 2.84. The third-order valence-electron chi connectivity index (χ3n) is 4.00. The Labute approximate surface area is 141 Å². The third-order valence-corrected chi connectivity index (χ3v) is 4.00. The first-order chi connectivity index (χ1) is 12.1. The topological polar surface area (TPSA) is 72.6 Å². The summed E-state index contributed by atoms with van der Waals surface area (Å²) in [5.74, 6) is -0.857. The Kier molecular flexibility index (Phi) is 3.39. The molecular weight excluding hydrogens is 325 g/mol. The average Bonchev–Trinajstić information content (AvgIpc) is 3.05. The molecule has 0 fully saturated rings. The zero-order chi connectivity index (χ0) is 17.6. The molecule has 4 aromatic rings. The van der Waals surface area contributed by atoms with Crippen molar-refractivity contribution in [1.29, 1.82) is 0 Å². The lowest BCUT2D eigenvalue weighted by Gasteiger charge is -2.06. The molecule has 0 spiro atoms. The molecule has 2 aromatic carbocycles. The van der Waals surface area contributed by atoms with Gasteiger partial charge in [0.15, 0.2) is 17.1 Å². The van der Waals surface area contributed by atoms with Crippen molar-refractivity contribution < 1.29 is 23.4 Å². The van der Waals surface area contributed by atoms with Crippen LogP contribution < -0.4 is 4.74 Å². The monoisotopic (exact) mass is 337 g/mol. The standard InChI is InChI=1S/C19H12FNO4/c1-24-15-7-2-4-10-8-16(25-18(10)15)14-9-12(19(22)23)11-5-3-6-13(20)17(11)21-14/h2-9H,1H3,(H,22,23). The van der Waals surface area contributed by atoms with E-state index >= 15 is 0 Å². The van der Waals surface area contributed by atoms with Crippen molar-refractivity contribution in [3.63, 3.8) is 0 Å². The number of carbonyl (C=O) groups is 1.